The Morgan fingerprint density at radius 2 is 2.05 bits per heavy atom. The number of anilines is 2. The zero-order valence-electron chi connectivity index (χ0n) is 10.5. The summed E-state index contributed by atoms with van der Waals surface area (Å²) in [5.41, 5.74) is 12.2. The highest BCUT2D eigenvalue weighted by molar-refractivity contribution is 5.74. The first-order chi connectivity index (χ1) is 9.43. The predicted octanol–water partition coefficient (Wildman–Crippen LogP) is 1.40. The van der Waals surface area contributed by atoms with Crippen LogP contribution in [0.1, 0.15) is 11.1 Å². The van der Waals surface area contributed by atoms with Crippen molar-refractivity contribution >= 4 is 17.5 Å². The molecule has 1 aromatic carbocycles. The molecule has 1 aromatic heterocycles. The molecule has 2 rings (SSSR count). The quantitative estimate of drug-likeness (QED) is 0.619. The van der Waals surface area contributed by atoms with E-state index in [1.54, 1.807) is 19.1 Å². The number of hydrogen-bond acceptors (Lipinski definition) is 7. The van der Waals surface area contributed by atoms with Gasteiger partial charge in [-0.1, -0.05) is 12.1 Å². The molecule has 0 bridgehead atoms. The Balaban J connectivity index is 2.72. The highest BCUT2D eigenvalue weighted by atomic mass is 16.6. The third kappa shape index (κ3) is 2.20. The minimum absolute atomic E-state index is 0.0392. The summed E-state index contributed by atoms with van der Waals surface area (Å²) in [5, 5.41) is 20.1. The molecule has 0 fully saturated rings. The van der Waals surface area contributed by atoms with Crippen LogP contribution in [-0.4, -0.2) is 14.9 Å². The van der Waals surface area contributed by atoms with Gasteiger partial charge in [-0.3, -0.25) is 10.1 Å². The van der Waals surface area contributed by atoms with Gasteiger partial charge in [0.2, 0.25) is 5.95 Å². The van der Waals surface area contributed by atoms with Gasteiger partial charge in [-0.05, 0) is 6.92 Å². The van der Waals surface area contributed by atoms with E-state index < -0.39 is 4.92 Å². The minimum atomic E-state index is -0.501. The van der Waals surface area contributed by atoms with Gasteiger partial charge in [0.1, 0.15) is 17.5 Å². The summed E-state index contributed by atoms with van der Waals surface area (Å²) in [6.07, 6.45) is 0. The zero-order valence-corrected chi connectivity index (χ0v) is 10.5. The Bertz CT molecular complexity index is 750. The van der Waals surface area contributed by atoms with Crippen LogP contribution in [0, 0.1) is 28.4 Å². The molecule has 0 saturated heterocycles. The third-order valence-corrected chi connectivity index (χ3v) is 2.75. The van der Waals surface area contributed by atoms with Crippen molar-refractivity contribution < 1.29 is 4.92 Å². The second-order valence-corrected chi connectivity index (χ2v) is 4.06. The lowest BCUT2D eigenvalue weighted by atomic mass is 10.0. The van der Waals surface area contributed by atoms with Crippen LogP contribution in [0.3, 0.4) is 0 Å². The predicted molar refractivity (Wildman–Crippen MR) is 72.4 cm³/mol. The second-order valence-electron chi connectivity index (χ2n) is 4.06. The molecule has 0 aliphatic carbocycles. The van der Waals surface area contributed by atoms with Crippen molar-refractivity contribution in [3.8, 4) is 17.3 Å². The maximum atomic E-state index is 11.0. The van der Waals surface area contributed by atoms with Crippen LogP contribution in [0.5, 0.6) is 0 Å². The van der Waals surface area contributed by atoms with Crippen LogP contribution < -0.4 is 11.5 Å². The number of nitriles is 1. The van der Waals surface area contributed by atoms with Gasteiger partial charge in [-0.15, -0.1) is 0 Å². The molecule has 20 heavy (non-hydrogen) atoms. The monoisotopic (exact) mass is 270 g/mol. The largest absolute Gasteiger partial charge is 0.382 e. The molecule has 100 valence electrons. The summed E-state index contributed by atoms with van der Waals surface area (Å²) >= 11 is 0. The normalized spacial score (nSPS) is 10.0. The standard InChI is InChI=1S/C12H10N6O2/c1-6-2-3-7(4-9(6)18(19)20)10-8(5-13)11(14)17-12(15)16-10/h2-4H,1H3,(H4,14,15,16,17). The number of rotatable bonds is 2. The Labute approximate surface area is 113 Å². The van der Waals surface area contributed by atoms with E-state index in [0.29, 0.717) is 11.1 Å². The molecular formula is C12H10N6O2. The van der Waals surface area contributed by atoms with E-state index in [2.05, 4.69) is 9.97 Å². The van der Waals surface area contributed by atoms with E-state index in [0.717, 1.165) is 0 Å². The molecule has 4 N–H and O–H groups in total. The molecule has 0 unspecified atom stereocenters. The molecule has 2 aromatic rings. The lowest BCUT2D eigenvalue weighted by Gasteiger charge is -2.07. The van der Waals surface area contributed by atoms with Gasteiger partial charge in [-0.25, -0.2) is 4.98 Å². The van der Waals surface area contributed by atoms with Gasteiger partial charge in [0.25, 0.3) is 5.69 Å². The number of hydrogen-bond donors (Lipinski definition) is 2. The number of aryl methyl sites for hydroxylation is 1. The van der Waals surface area contributed by atoms with Crippen molar-refractivity contribution in [1.29, 1.82) is 5.26 Å². The average Bonchev–Trinajstić information content (AvgIpc) is 2.38. The van der Waals surface area contributed by atoms with Gasteiger partial charge in [0, 0.05) is 17.2 Å². The molecule has 0 spiro atoms. The molecular weight excluding hydrogens is 260 g/mol. The van der Waals surface area contributed by atoms with Gasteiger partial charge >= 0.3 is 0 Å². The first kappa shape index (κ1) is 13.2. The van der Waals surface area contributed by atoms with Crippen LogP contribution >= 0.6 is 0 Å². The zero-order chi connectivity index (χ0) is 14.9. The van der Waals surface area contributed by atoms with Gasteiger partial charge in [0.05, 0.1) is 10.6 Å². The topological polar surface area (TPSA) is 145 Å². The number of nitrogen functional groups attached to an aromatic ring is 2. The van der Waals surface area contributed by atoms with Crippen LogP contribution in [0.15, 0.2) is 18.2 Å². The fourth-order valence-corrected chi connectivity index (χ4v) is 1.77. The third-order valence-electron chi connectivity index (χ3n) is 2.75. The fraction of sp³-hybridized carbons (Fsp3) is 0.0833. The van der Waals surface area contributed by atoms with Gasteiger partial charge < -0.3 is 11.5 Å². The molecule has 0 radical (unpaired) electrons. The number of nitro groups is 1. The molecule has 1 heterocycles. The van der Waals surface area contributed by atoms with Crippen molar-refractivity contribution in [2.75, 3.05) is 11.5 Å². The number of nitrogens with two attached hydrogens (primary N) is 2. The van der Waals surface area contributed by atoms with Crippen LogP contribution in [-0.2, 0) is 0 Å². The molecule has 0 amide bonds. The van der Waals surface area contributed by atoms with E-state index in [1.807, 2.05) is 6.07 Å². The number of benzene rings is 1. The summed E-state index contributed by atoms with van der Waals surface area (Å²) in [6.45, 7) is 1.62. The molecule has 0 aliphatic heterocycles. The Kier molecular flexibility index (Phi) is 3.18. The van der Waals surface area contributed by atoms with Gasteiger partial charge in [-0.2, -0.15) is 10.2 Å². The highest BCUT2D eigenvalue weighted by Crippen LogP contribution is 2.29. The smallest absolute Gasteiger partial charge is 0.272 e. The van der Waals surface area contributed by atoms with Crippen LogP contribution in [0.25, 0.3) is 11.3 Å². The number of nitro benzene ring substituents is 1. The summed E-state index contributed by atoms with van der Waals surface area (Å²) in [5.74, 6) is -0.155. The van der Waals surface area contributed by atoms with Gasteiger partial charge in [0.15, 0.2) is 0 Å². The first-order valence-corrected chi connectivity index (χ1v) is 5.52. The van der Waals surface area contributed by atoms with Crippen molar-refractivity contribution in [3.63, 3.8) is 0 Å². The Morgan fingerprint density at radius 3 is 2.65 bits per heavy atom. The second kappa shape index (κ2) is 4.81. The SMILES string of the molecule is Cc1ccc(-c2nc(N)nc(N)c2C#N)cc1[N+](=O)[O-]. The maximum absolute atomic E-state index is 11.0. The maximum Gasteiger partial charge on any atom is 0.272 e. The first-order valence-electron chi connectivity index (χ1n) is 5.52. The van der Waals surface area contributed by atoms with Crippen LogP contribution in [0.2, 0.25) is 0 Å². The lowest BCUT2D eigenvalue weighted by molar-refractivity contribution is -0.385. The fourth-order valence-electron chi connectivity index (χ4n) is 1.77. The molecule has 8 nitrogen and oxygen atoms in total. The average molecular weight is 270 g/mol. The molecule has 0 atom stereocenters. The number of aromatic nitrogens is 2. The molecule has 0 saturated carbocycles. The van der Waals surface area contributed by atoms with E-state index >= 15 is 0 Å². The Hall–Kier alpha value is -3.21. The van der Waals surface area contributed by atoms with E-state index in [1.165, 1.54) is 6.07 Å². The van der Waals surface area contributed by atoms with Crippen molar-refractivity contribution in [3.05, 3.63) is 39.4 Å². The lowest BCUT2D eigenvalue weighted by Crippen LogP contribution is -2.05. The van der Waals surface area contributed by atoms with Crippen molar-refractivity contribution in [1.82, 2.24) is 9.97 Å². The van der Waals surface area contributed by atoms with E-state index in [9.17, 15) is 10.1 Å². The molecule has 0 aliphatic rings. The van der Waals surface area contributed by atoms with Crippen LogP contribution in [0.4, 0.5) is 17.5 Å². The Morgan fingerprint density at radius 1 is 1.35 bits per heavy atom. The van der Waals surface area contributed by atoms with Crippen molar-refractivity contribution in [2.45, 2.75) is 6.92 Å². The molecule has 8 heteroatoms. The summed E-state index contributed by atoms with van der Waals surface area (Å²) in [6, 6.07) is 6.40. The summed E-state index contributed by atoms with van der Waals surface area (Å²) in [7, 11) is 0. The van der Waals surface area contributed by atoms with E-state index in [-0.39, 0.29) is 28.7 Å². The van der Waals surface area contributed by atoms with E-state index in [4.69, 9.17) is 16.7 Å². The number of nitrogens with zero attached hydrogens (tertiary/aromatic N) is 4. The summed E-state index contributed by atoms with van der Waals surface area (Å²) < 4.78 is 0. The highest BCUT2D eigenvalue weighted by Gasteiger charge is 2.17. The minimum Gasteiger partial charge on any atom is -0.382 e. The summed E-state index contributed by atoms with van der Waals surface area (Å²) in [4.78, 5) is 18.1. The van der Waals surface area contributed by atoms with Crippen molar-refractivity contribution in [2.24, 2.45) is 0 Å².